The highest BCUT2D eigenvalue weighted by atomic mass is 35.5. The van der Waals surface area contributed by atoms with Crippen molar-refractivity contribution in [3.63, 3.8) is 0 Å². The Bertz CT molecular complexity index is 543. The molecule has 0 unspecified atom stereocenters. The second-order valence-corrected chi connectivity index (χ2v) is 7.37. The van der Waals surface area contributed by atoms with Crippen molar-refractivity contribution in [1.82, 2.24) is 10.6 Å². The fourth-order valence-corrected chi connectivity index (χ4v) is 3.70. The number of amides is 1. The number of benzene rings is 1. The molecular formula is C18H25ClN2O2. The normalized spacial score (nSPS) is 21.7. The standard InChI is InChI=1S/C18H25ClN2O2/c1-23-13-18(8-10-20-11-9-18)16(22)21-12-17(6-7-17)14-2-4-15(19)5-3-14/h2-5,20H,6-13H2,1H3,(H,21,22). The smallest absolute Gasteiger partial charge is 0.228 e. The second kappa shape index (κ2) is 6.80. The molecule has 1 aliphatic heterocycles. The fourth-order valence-electron chi connectivity index (χ4n) is 3.58. The maximum Gasteiger partial charge on any atom is 0.228 e. The Hall–Kier alpha value is -1.10. The number of methoxy groups -OCH3 is 1. The lowest BCUT2D eigenvalue weighted by molar-refractivity contribution is -0.136. The Morgan fingerprint density at radius 3 is 2.43 bits per heavy atom. The lowest BCUT2D eigenvalue weighted by atomic mass is 9.78. The first kappa shape index (κ1) is 16.7. The minimum absolute atomic E-state index is 0.0986. The zero-order valence-electron chi connectivity index (χ0n) is 13.7. The van der Waals surface area contributed by atoms with Gasteiger partial charge in [-0.1, -0.05) is 23.7 Å². The molecule has 0 atom stereocenters. The second-order valence-electron chi connectivity index (χ2n) is 6.93. The minimum Gasteiger partial charge on any atom is -0.384 e. The van der Waals surface area contributed by atoms with Gasteiger partial charge in [0.05, 0.1) is 12.0 Å². The predicted molar refractivity (Wildman–Crippen MR) is 91.8 cm³/mol. The topological polar surface area (TPSA) is 50.4 Å². The van der Waals surface area contributed by atoms with Gasteiger partial charge in [0.2, 0.25) is 5.91 Å². The van der Waals surface area contributed by atoms with Gasteiger partial charge in [0, 0.05) is 24.1 Å². The van der Waals surface area contributed by atoms with Crippen LogP contribution in [-0.4, -0.2) is 39.3 Å². The molecule has 1 saturated heterocycles. The molecule has 3 rings (SSSR count). The average molecular weight is 337 g/mol. The van der Waals surface area contributed by atoms with Crippen molar-refractivity contribution < 1.29 is 9.53 Å². The van der Waals surface area contributed by atoms with Crippen LogP contribution in [0, 0.1) is 5.41 Å². The summed E-state index contributed by atoms with van der Waals surface area (Å²) in [4.78, 5) is 12.8. The van der Waals surface area contributed by atoms with E-state index < -0.39 is 0 Å². The first-order chi connectivity index (χ1) is 11.1. The molecule has 23 heavy (non-hydrogen) atoms. The molecule has 0 aromatic heterocycles. The van der Waals surface area contributed by atoms with Crippen LogP contribution in [0.2, 0.25) is 5.02 Å². The first-order valence-electron chi connectivity index (χ1n) is 8.34. The minimum atomic E-state index is -0.379. The third-order valence-corrected chi connectivity index (χ3v) is 5.61. The van der Waals surface area contributed by atoms with E-state index in [1.807, 2.05) is 12.1 Å². The summed E-state index contributed by atoms with van der Waals surface area (Å²) < 4.78 is 5.35. The fraction of sp³-hybridized carbons (Fsp3) is 0.611. The Labute approximate surface area is 142 Å². The van der Waals surface area contributed by atoms with Crippen molar-refractivity contribution in [3.05, 3.63) is 34.9 Å². The Balaban J connectivity index is 1.64. The summed E-state index contributed by atoms with van der Waals surface area (Å²) in [6.07, 6.45) is 3.91. The number of rotatable bonds is 6. The quantitative estimate of drug-likeness (QED) is 0.839. The van der Waals surface area contributed by atoms with Gasteiger partial charge in [0.15, 0.2) is 0 Å². The number of nitrogens with one attached hydrogen (secondary N) is 2. The number of piperidine rings is 1. The number of hydrogen-bond donors (Lipinski definition) is 2. The van der Waals surface area contributed by atoms with Gasteiger partial charge in [0.1, 0.15) is 0 Å². The molecule has 1 saturated carbocycles. The van der Waals surface area contributed by atoms with Crippen LogP contribution in [0.25, 0.3) is 0 Å². The van der Waals surface area contributed by atoms with Gasteiger partial charge in [-0.25, -0.2) is 0 Å². The van der Waals surface area contributed by atoms with Crippen LogP contribution in [0.1, 0.15) is 31.2 Å². The van der Waals surface area contributed by atoms with Crippen LogP contribution in [-0.2, 0) is 14.9 Å². The van der Waals surface area contributed by atoms with E-state index >= 15 is 0 Å². The average Bonchev–Trinajstić information content (AvgIpc) is 3.35. The summed E-state index contributed by atoms with van der Waals surface area (Å²) >= 11 is 5.97. The van der Waals surface area contributed by atoms with Crippen LogP contribution < -0.4 is 10.6 Å². The molecule has 1 aromatic rings. The summed E-state index contributed by atoms with van der Waals surface area (Å²) in [6, 6.07) is 8.02. The molecule has 0 bridgehead atoms. The zero-order valence-corrected chi connectivity index (χ0v) is 14.4. The number of ether oxygens (including phenoxy) is 1. The van der Waals surface area contributed by atoms with Crippen LogP contribution in [0.5, 0.6) is 0 Å². The Morgan fingerprint density at radius 2 is 1.87 bits per heavy atom. The van der Waals surface area contributed by atoms with Crippen LogP contribution >= 0.6 is 11.6 Å². The van der Waals surface area contributed by atoms with Gasteiger partial charge in [-0.3, -0.25) is 4.79 Å². The van der Waals surface area contributed by atoms with Crippen molar-refractivity contribution in [2.45, 2.75) is 31.1 Å². The van der Waals surface area contributed by atoms with Crippen molar-refractivity contribution in [3.8, 4) is 0 Å². The SMILES string of the molecule is COCC1(C(=O)NCC2(c3ccc(Cl)cc3)CC2)CCNCC1. The van der Waals surface area contributed by atoms with E-state index in [0.717, 1.165) is 43.8 Å². The molecular weight excluding hydrogens is 312 g/mol. The van der Waals surface area contributed by atoms with Crippen LogP contribution in [0.4, 0.5) is 0 Å². The number of hydrogen-bond acceptors (Lipinski definition) is 3. The molecule has 2 N–H and O–H groups in total. The molecule has 1 aliphatic carbocycles. The number of carbonyl (C=O) groups excluding carboxylic acids is 1. The maximum absolute atomic E-state index is 12.8. The van der Waals surface area contributed by atoms with E-state index in [1.165, 1.54) is 5.56 Å². The summed E-state index contributed by atoms with van der Waals surface area (Å²) in [5, 5.41) is 7.29. The molecule has 1 aromatic carbocycles. The maximum atomic E-state index is 12.8. The predicted octanol–water partition coefficient (Wildman–Crippen LogP) is 2.50. The lowest BCUT2D eigenvalue weighted by Gasteiger charge is -2.36. The largest absolute Gasteiger partial charge is 0.384 e. The molecule has 1 amide bonds. The molecule has 0 spiro atoms. The molecule has 2 fully saturated rings. The van der Waals surface area contributed by atoms with Gasteiger partial charge >= 0.3 is 0 Å². The Morgan fingerprint density at radius 1 is 1.22 bits per heavy atom. The highest BCUT2D eigenvalue weighted by Gasteiger charge is 2.46. The molecule has 0 radical (unpaired) electrons. The first-order valence-corrected chi connectivity index (χ1v) is 8.72. The summed E-state index contributed by atoms with van der Waals surface area (Å²) in [5.74, 6) is 0.140. The van der Waals surface area contributed by atoms with Crippen LogP contribution in [0.15, 0.2) is 24.3 Å². The van der Waals surface area contributed by atoms with Gasteiger partial charge in [-0.15, -0.1) is 0 Å². The molecule has 1 heterocycles. The van der Waals surface area contributed by atoms with Gasteiger partial charge in [-0.2, -0.15) is 0 Å². The van der Waals surface area contributed by atoms with Crippen LogP contribution in [0.3, 0.4) is 0 Å². The Kier molecular flexibility index (Phi) is 4.95. The van der Waals surface area contributed by atoms with E-state index in [9.17, 15) is 4.79 Å². The van der Waals surface area contributed by atoms with E-state index in [2.05, 4.69) is 22.8 Å². The van der Waals surface area contributed by atoms with Gasteiger partial charge < -0.3 is 15.4 Å². The molecule has 2 aliphatic rings. The third kappa shape index (κ3) is 3.54. The van der Waals surface area contributed by atoms with E-state index in [-0.39, 0.29) is 16.7 Å². The van der Waals surface area contributed by atoms with Crippen molar-refractivity contribution >= 4 is 17.5 Å². The van der Waals surface area contributed by atoms with Gasteiger partial charge in [0.25, 0.3) is 0 Å². The lowest BCUT2D eigenvalue weighted by Crippen LogP contribution is -2.51. The molecule has 4 nitrogen and oxygen atoms in total. The number of halogens is 1. The van der Waals surface area contributed by atoms with E-state index in [4.69, 9.17) is 16.3 Å². The summed E-state index contributed by atoms with van der Waals surface area (Å²) in [6.45, 7) is 2.94. The molecule has 5 heteroatoms. The highest BCUT2D eigenvalue weighted by molar-refractivity contribution is 6.30. The zero-order chi connectivity index (χ0) is 16.3. The van der Waals surface area contributed by atoms with Crippen molar-refractivity contribution in [2.75, 3.05) is 33.4 Å². The van der Waals surface area contributed by atoms with Gasteiger partial charge in [-0.05, 0) is 56.5 Å². The highest BCUT2D eigenvalue weighted by Crippen LogP contribution is 2.48. The van der Waals surface area contributed by atoms with Crippen molar-refractivity contribution in [2.24, 2.45) is 5.41 Å². The summed E-state index contributed by atoms with van der Waals surface area (Å²) in [5.41, 5.74) is 0.991. The molecule has 126 valence electrons. The van der Waals surface area contributed by atoms with Crippen molar-refractivity contribution in [1.29, 1.82) is 0 Å². The monoisotopic (exact) mass is 336 g/mol. The summed E-state index contributed by atoms with van der Waals surface area (Å²) in [7, 11) is 1.67. The third-order valence-electron chi connectivity index (χ3n) is 5.36. The van der Waals surface area contributed by atoms with E-state index in [0.29, 0.717) is 13.2 Å². The number of carbonyl (C=O) groups is 1. The van der Waals surface area contributed by atoms with E-state index in [1.54, 1.807) is 7.11 Å².